The molecule has 1 aromatic heterocycles. The van der Waals surface area contributed by atoms with Gasteiger partial charge in [-0.05, 0) is 32.3 Å². The molecule has 6 heteroatoms. The van der Waals surface area contributed by atoms with Crippen LogP contribution < -0.4 is 10.6 Å². The number of amides is 1. The standard InChI is InChI=1S/C17H21FN4O/c1-22(2)10-9-19-14-7-8-20-16(11-14)17(23)21-12-13-5-3-4-6-15(13)18/h3-8,11H,9-10,12H2,1-2H3,(H,19,20)(H,21,23). The molecule has 0 fully saturated rings. The molecular formula is C17H21FN4O. The molecule has 5 nitrogen and oxygen atoms in total. The van der Waals surface area contributed by atoms with Gasteiger partial charge in [0.25, 0.3) is 5.91 Å². The molecule has 23 heavy (non-hydrogen) atoms. The zero-order valence-corrected chi connectivity index (χ0v) is 13.3. The summed E-state index contributed by atoms with van der Waals surface area (Å²) in [6.07, 6.45) is 1.58. The van der Waals surface area contributed by atoms with E-state index in [-0.39, 0.29) is 18.3 Å². The Balaban J connectivity index is 1.93. The van der Waals surface area contributed by atoms with Crippen molar-refractivity contribution in [1.29, 1.82) is 0 Å². The summed E-state index contributed by atoms with van der Waals surface area (Å²) in [6.45, 7) is 1.79. The number of nitrogens with one attached hydrogen (secondary N) is 2. The lowest BCUT2D eigenvalue weighted by Gasteiger charge is -2.12. The van der Waals surface area contributed by atoms with Gasteiger partial charge in [0.05, 0.1) is 0 Å². The first-order valence-electron chi connectivity index (χ1n) is 7.42. The Labute approximate surface area is 135 Å². The van der Waals surface area contributed by atoms with Crippen molar-refractivity contribution in [3.63, 3.8) is 0 Å². The lowest BCUT2D eigenvalue weighted by atomic mass is 10.2. The molecule has 0 saturated heterocycles. The molecule has 0 radical (unpaired) electrons. The number of aromatic nitrogens is 1. The van der Waals surface area contributed by atoms with E-state index in [1.54, 1.807) is 30.5 Å². The molecule has 122 valence electrons. The number of hydrogen-bond donors (Lipinski definition) is 2. The minimum absolute atomic E-state index is 0.130. The van der Waals surface area contributed by atoms with Crippen molar-refractivity contribution in [2.24, 2.45) is 0 Å². The molecule has 0 aliphatic rings. The molecule has 1 heterocycles. The Bertz CT molecular complexity index is 661. The summed E-state index contributed by atoms with van der Waals surface area (Å²) in [7, 11) is 3.99. The van der Waals surface area contributed by atoms with Gasteiger partial charge in [0.15, 0.2) is 0 Å². The maximum atomic E-state index is 13.5. The van der Waals surface area contributed by atoms with Crippen LogP contribution in [0.2, 0.25) is 0 Å². The normalized spacial score (nSPS) is 10.6. The molecule has 1 aromatic carbocycles. The van der Waals surface area contributed by atoms with Gasteiger partial charge >= 0.3 is 0 Å². The minimum Gasteiger partial charge on any atom is -0.384 e. The van der Waals surface area contributed by atoms with Crippen LogP contribution in [0.25, 0.3) is 0 Å². The van der Waals surface area contributed by atoms with Crippen molar-refractivity contribution < 1.29 is 9.18 Å². The summed E-state index contributed by atoms with van der Waals surface area (Å²) in [6, 6.07) is 9.86. The number of likely N-dealkylation sites (N-methyl/N-ethyl adjacent to an activating group) is 1. The van der Waals surface area contributed by atoms with Crippen LogP contribution in [0.3, 0.4) is 0 Å². The highest BCUT2D eigenvalue weighted by Crippen LogP contribution is 2.09. The van der Waals surface area contributed by atoms with Crippen LogP contribution in [0.5, 0.6) is 0 Å². The van der Waals surface area contributed by atoms with Gasteiger partial charge in [0.1, 0.15) is 11.5 Å². The topological polar surface area (TPSA) is 57.3 Å². The van der Waals surface area contributed by atoms with E-state index >= 15 is 0 Å². The van der Waals surface area contributed by atoms with Crippen LogP contribution in [-0.4, -0.2) is 43.0 Å². The average molecular weight is 316 g/mol. The van der Waals surface area contributed by atoms with E-state index in [9.17, 15) is 9.18 Å². The minimum atomic E-state index is -0.333. The number of nitrogens with zero attached hydrogens (tertiary/aromatic N) is 2. The monoisotopic (exact) mass is 316 g/mol. The smallest absolute Gasteiger partial charge is 0.270 e. The molecule has 0 spiro atoms. The summed E-state index contributed by atoms with van der Waals surface area (Å²) in [5.74, 6) is -0.663. The fraction of sp³-hybridized carbons (Fsp3) is 0.294. The third kappa shape index (κ3) is 5.34. The highest BCUT2D eigenvalue weighted by atomic mass is 19.1. The Kier molecular flexibility index (Phi) is 6.05. The van der Waals surface area contributed by atoms with Crippen LogP contribution in [-0.2, 0) is 6.54 Å². The van der Waals surface area contributed by atoms with Crippen LogP contribution in [0.4, 0.5) is 10.1 Å². The number of hydrogen-bond acceptors (Lipinski definition) is 4. The van der Waals surface area contributed by atoms with Gasteiger partial charge in [-0.1, -0.05) is 18.2 Å². The molecule has 0 aliphatic heterocycles. The first-order chi connectivity index (χ1) is 11.1. The molecule has 2 aromatic rings. The van der Waals surface area contributed by atoms with E-state index in [4.69, 9.17) is 0 Å². The van der Waals surface area contributed by atoms with Crippen LogP contribution in [0.1, 0.15) is 16.1 Å². The zero-order valence-electron chi connectivity index (χ0n) is 13.3. The Morgan fingerprint density at radius 1 is 1.26 bits per heavy atom. The van der Waals surface area contributed by atoms with Gasteiger partial charge in [-0.15, -0.1) is 0 Å². The largest absolute Gasteiger partial charge is 0.384 e. The molecule has 2 rings (SSSR count). The van der Waals surface area contributed by atoms with Crippen molar-refractivity contribution in [2.75, 3.05) is 32.5 Å². The fourth-order valence-electron chi connectivity index (χ4n) is 2.00. The number of carbonyl (C=O) groups is 1. The first kappa shape index (κ1) is 16.9. The first-order valence-corrected chi connectivity index (χ1v) is 7.42. The molecule has 0 aliphatic carbocycles. The average Bonchev–Trinajstić information content (AvgIpc) is 2.54. The predicted molar refractivity (Wildman–Crippen MR) is 88.9 cm³/mol. The third-order valence-corrected chi connectivity index (χ3v) is 3.28. The van der Waals surface area contributed by atoms with E-state index in [1.165, 1.54) is 6.07 Å². The van der Waals surface area contributed by atoms with E-state index in [2.05, 4.69) is 20.5 Å². The highest BCUT2D eigenvalue weighted by molar-refractivity contribution is 5.93. The summed E-state index contributed by atoms with van der Waals surface area (Å²) < 4.78 is 13.5. The van der Waals surface area contributed by atoms with Gasteiger partial charge in [0, 0.05) is 37.1 Å². The number of pyridine rings is 1. The number of benzene rings is 1. The van der Waals surface area contributed by atoms with Crippen molar-refractivity contribution in [1.82, 2.24) is 15.2 Å². The quantitative estimate of drug-likeness (QED) is 0.821. The molecule has 1 amide bonds. The van der Waals surface area contributed by atoms with Crippen molar-refractivity contribution >= 4 is 11.6 Å². The summed E-state index contributed by atoms with van der Waals surface area (Å²) in [5.41, 5.74) is 1.58. The maximum Gasteiger partial charge on any atom is 0.270 e. The molecule has 0 bridgehead atoms. The van der Waals surface area contributed by atoms with E-state index in [1.807, 2.05) is 20.2 Å². The molecule has 2 N–H and O–H groups in total. The summed E-state index contributed by atoms with van der Waals surface area (Å²) in [5, 5.41) is 5.91. The lowest BCUT2D eigenvalue weighted by molar-refractivity contribution is 0.0945. The van der Waals surface area contributed by atoms with E-state index in [0.717, 1.165) is 18.8 Å². The Morgan fingerprint density at radius 3 is 2.78 bits per heavy atom. The van der Waals surface area contributed by atoms with Crippen LogP contribution >= 0.6 is 0 Å². The van der Waals surface area contributed by atoms with E-state index in [0.29, 0.717) is 11.3 Å². The van der Waals surface area contributed by atoms with Gasteiger partial charge < -0.3 is 15.5 Å². The lowest BCUT2D eigenvalue weighted by Crippen LogP contribution is -2.24. The Morgan fingerprint density at radius 2 is 2.04 bits per heavy atom. The molecule has 0 unspecified atom stereocenters. The highest BCUT2D eigenvalue weighted by Gasteiger charge is 2.09. The van der Waals surface area contributed by atoms with Gasteiger partial charge in [-0.3, -0.25) is 9.78 Å². The van der Waals surface area contributed by atoms with Crippen molar-refractivity contribution in [3.05, 3.63) is 59.7 Å². The summed E-state index contributed by atoms with van der Waals surface area (Å²) in [4.78, 5) is 18.3. The number of rotatable bonds is 7. The third-order valence-electron chi connectivity index (χ3n) is 3.28. The molecular weight excluding hydrogens is 295 g/mol. The van der Waals surface area contributed by atoms with Crippen molar-refractivity contribution in [3.8, 4) is 0 Å². The second-order valence-electron chi connectivity index (χ2n) is 5.43. The van der Waals surface area contributed by atoms with Gasteiger partial charge in [0.2, 0.25) is 0 Å². The van der Waals surface area contributed by atoms with Crippen LogP contribution in [0, 0.1) is 5.82 Å². The SMILES string of the molecule is CN(C)CCNc1ccnc(C(=O)NCc2ccccc2F)c1. The molecule has 0 saturated carbocycles. The van der Waals surface area contributed by atoms with Gasteiger partial charge in [-0.25, -0.2) is 4.39 Å². The number of anilines is 1. The van der Waals surface area contributed by atoms with Gasteiger partial charge in [-0.2, -0.15) is 0 Å². The van der Waals surface area contributed by atoms with Crippen LogP contribution in [0.15, 0.2) is 42.6 Å². The summed E-state index contributed by atoms with van der Waals surface area (Å²) >= 11 is 0. The number of carbonyl (C=O) groups excluding carboxylic acids is 1. The van der Waals surface area contributed by atoms with E-state index < -0.39 is 0 Å². The molecule has 0 atom stereocenters. The second-order valence-corrected chi connectivity index (χ2v) is 5.43. The zero-order chi connectivity index (χ0) is 16.7. The Hall–Kier alpha value is -2.47. The second kappa shape index (κ2) is 8.24. The fourth-order valence-corrected chi connectivity index (χ4v) is 2.00. The van der Waals surface area contributed by atoms with Crippen molar-refractivity contribution in [2.45, 2.75) is 6.54 Å². The predicted octanol–water partition coefficient (Wildman–Crippen LogP) is 2.12. The number of halogens is 1. The maximum absolute atomic E-state index is 13.5.